The number of halogens is 2. The molecule has 1 fully saturated rings. The Labute approximate surface area is 126 Å². The van der Waals surface area contributed by atoms with E-state index in [2.05, 4.69) is 61.7 Å². The third kappa shape index (κ3) is 2.90. The molecule has 0 unspecified atom stereocenters. The Balaban J connectivity index is 2.10. The van der Waals surface area contributed by atoms with Crippen molar-refractivity contribution >= 4 is 37.7 Å². The Bertz CT molecular complexity index is 406. The van der Waals surface area contributed by atoms with Gasteiger partial charge in [-0.05, 0) is 56.2 Å². The summed E-state index contributed by atoms with van der Waals surface area (Å²) in [6.45, 7) is 6.89. The van der Waals surface area contributed by atoms with Gasteiger partial charge < -0.3 is 4.90 Å². The van der Waals surface area contributed by atoms with Gasteiger partial charge in [0.25, 0.3) is 0 Å². The van der Waals surface area contributed by atoms with E-state index in [-0.39, 0.29) is 0 Å². The Morgan fingerprint density at radius 1 is 1.22 bits per heavy atom. The van der Waals surface area contributed by atoms with Crippen molar-refractivity contribution in [3.8, 4) is 0 Å². The van der Waals surface area contributed by atoms with Crippen LogP contribution in [-0.2, 0) is 0 Å². The molecule has 4 heteroatoms. The van der Waals surface area contributed by atoms with Crippen LogP contribution in [0.3, 0.4) is 0 Å². The first-order valence-electron chi connectivity index (χ1n) is 6.66. The molecule has 0 atom stereocenters. The molecule has 0 N–H and O–H groups in total. The zero-order valence-electron chi connectivity index (χ0n) is 11.0. The highest BCUT2D eigenvalue weighted by molar-refractivity contribution is 9.11. The van der Waals surface area contributed by atoms with Crippen molar-refractivity contribution < 1.29 is 0 Å². The molecular formula is C14H20Br2N2. The zero-order valence-corrected chi connectivity index (χ0v) is 14.2. The van der Waals surface area contributed by atoms with E-state index in [1.54, 1.807) is 0 Å². The highest BCUT2D eigenvalue weighted by Crippen LogP contribution is 2.40. The first-order valence-corrected chi connectivity index (χ1v) is 8.25. The van der Waals surface area contributed by atoms with Gasteiger partial charge in [0.05, 0.1) is 4.47 Å². The van der Waals surface area contributed by atoms with E-state index in [9.17, 15) is 0 Å². The van der Waals surface area contributed by atoms with E-state index in [0.717, 1.165) is 27.9 Å². The molecule has 100 valence electrons. The molecule has 18 heavy (non-hydrogen) atoms. The van der Waals surface area contributed by atoms with E-state index in [4.69, 9.17) is 0 Å². The summed E-state index contributed by atoms with van der Waals surface area (Å²) < 4.78 is 2.10. The first kappa shape index (κ1) is 14.3. The maximum Gasteiger partial charge on any atom is 0.142 e. The highest BCUT2D eigenvalue weighted by atomic mass is 79.9. The highest BCUT2D eigenvalue weighted by Gasteiger charge is 2.32. The van der Waals surface area contributed by atoms with Gasteiger partial charge in [-0.25, -0.2) is 4.98 Å². The minimum absolute atomic E-state index is 0.568. The Morgan fingerprint density at radius 2 is 1.83 bits per heavy atom. The van der Waals surface area contributed by atoms with Gasteiger partial charge in [-0.1, -0.05) is 26.7 Å². The number of anilines is 1. The van der Waals surface area contributed by atoms with E-state index < -0.39 is 0 Å². The largest absolute Gasteiger partial charge is 0.356 e. The number of nitrogens with zero attached hydrogens (tertiary/aromatic N) is 2. The van der Waals surface area contributed by atoms with E-state index in [1.807, 2.05) is 6.20 Å². The van der Waals surface area contributed by atoms with Crippen LogP contribution in [0.25, 0.3) is 0 Å². The van der Waals surface area contributed by atoms with E-state index in [0.29, 0.717) is 5.41 Å². The Kier molecular flexibility index (Phi) is 4.70. The topological polar surface area (TPSA) is 16.1 Å². The number of rotatable bonds is 3. The molecule has 1 aliphatic rings. The lowest BCUT2D eigenvalue weighted by atomic mass is 9.74. The predicted molar refractivity (Wildman–Crippen MR) is 84.1 cm³/mol. The molecule has 1 aliphatic heterocycles. The SMILES string of the molecule is CCC1(CC)CCN(c2ncc(Br)cc2Br)CC1. The van der Waals surface area contributed by atoms with Crippen LogP contribution in [-0.4, -0.2) is 18.1 Å². The Morgan fingerprint density at radius 3 is 2.33 bits per heavy atom. The fourth-order valence-electron chi connectivity index (χ4n) is 2.79. The number of pyridine rings is 1. The molecular weight excluding hydrogens is 356 g/mol. The van der Waals surface area contributed by atoms with Crippen molar-refractivity contribution in [3.63, 3.8) is 0 Å². The maximum atomic E-state index is 4.53. The van der Waals surface area contributed by atoms with Gasteiger partial charge in [-0.3, -0.25) is 0 Å². The molecule has 2 nitrogen and oxygen atoms in total. The minimum atomic E-state index is 0.568. The quantitative estimate of drug-likeness (QED) is 0.737. The van der Waals surface area contributed by atoms with Gasteiger partial charge in [-0.15, -0.1) is 0 Å². The van der Waals surface area contributed by atoms with Crippen LogP contribution in [0, 0.1) is 5.41 Å². The van der Waals surface area contributed by atoms with Gasteiger partial charge in [0, 0.05) is 23.8 Å². The zero-order chi connectivity index (χ0) is 13.2. The second-order valence-electron chi connectivity index (χ2n) is 5.15. The van der Waals surface area contributed by atoms with E-state index in [1.165, 1.54) is 25.7 Å². The number of piperidine rings is 1. The summed E-state index contributed by atoms with van der Waals surface area (Å²) in [5.41, 5.74) is 0.568. The van der Waals surface area contributed by atoms with Gasteiger partial charge in [0.2, 0.25) is 0 Å². The predicted octanol–water partition coefficient (Wildman–Crippen LogP) is 5.01. The Hall–Kier alpha value is -0.0900. The molecule has 0 aliphatic carbocycles. The van der Waals surface area contributed by atoms with Crippen LogP contribution in [0.2, 0.25) is 0 Å². The third-order valence-corrected chi connectivity index (χ3v) is 5.43. The minimum Gasteiger partial charge on any atom is -0.356 e. The summed E-state index contributed by atoms with van der Waals surface area (Å²) in [5.74, 6) is 1.08. The molecule has 2 heterocycles. The van der Waals surface area contributed by atoms with Crippen molar-refractivity contribution in [1.82, 2.24) is 4.98 Å². The van der Waals surface area contributed by atoms with Gasteiger partial charge in [-0.2, -0.15) is 0 Å². The first-order chi connectivity index (χ1) is 8.60. The summed E-state index contributed by atoms with van der Waals surface area (Å²) >= 11 is 7.06. The van der Waals surface area contributed by atoms with Crippen LogP contribution in [0.1, 0.15) is 39.5 Å². The van der Waals surface area contributed by atoms with Crippen LogP contribution >= 0.6 is 31.9 Å². The molecule has 0 radical (unpaired) electrons. The second-order valence-corrected chi connectivity index (χ2v) is 6.92. The van der Waals surface area contributed by atoms with E-state index >= 15 is 0 Å². The monoisotopic (exact) mass is 374 g/mol. The molecule has 0 aromatic carbocycles. The fraction of sp³-hybridized carbons (Fsp3) is 0.643. The van der Waals surface area contributed by atoms with Crippen molar-refractivity contribution in [2.24, 2.45) is 5.41 Å². The van der Waals surface area contributed by atoms with Crippen molar-refractivity contribution in [3.05, 3.63) is 21.2 Å². The summed E-state index contributed by atoms with van der Waals surface area (Å²) in [6, 6.07) is 2.07. The molecule has 1 aromatic heterocycles. The molecule has 0 bridgehead atoms. The molecule has 0 amide bonds. The van der Waals surface area contributed by atoms with Crippen molar-refractivity contribution in [2.45, 2.75) is 39.5 Å². The lowest BCUT2D eigenvalue weighted by Crippen LogP contribution is -2.40. The van der Waals surface area contributed by atoms with Gasteiger partial charge in [0.1, 0.15) is 5.82 Å². The van der Waals surface area contributed by atoms with Crippen molar-refractivity contribution in [2.75, 3.05) is 18.0 Å². The summed E-state index contributed by atoms with van der Waals surface area (Å²) in [5, 5.41) is 0. The normalized spacial score (nSPS) is 19.0. The lowest BCUT2D eigenvalue weighted by molar-refractivity contribution is 0.199. The average Bonchev–Trinajstić information content (AvgIpc) is 2.39. The van der Waals surface area contributed by atoms with Crippen molar-refractivity contribution in [1.29, 1.82) is 0 Å². The molecule has 1 aromatic rings. The number of hydrogen-bond acceptors (Lipinski definition) is 2. The van der Waals surface area contributed by atoms with Gasteiger partial charge >= 0.3 is 0 Å². The van der Waals surface area contributed by atoms with Crippen LogP contribution in [0.15, 0.2) is 21.2 Å². The number of hydrogen-bond donors (Lipinski definition) is 0. The maximum absolute atomic E-state index is 4.53. The number of aromatic nitrogens is 1. The van der Waals surface area contributed by atoms with Gasteiger partial charge in [0.15, 0.2) is 0 Å². The average molecular weight is 376 g/mol. The second kappa shape index (κ2) is 5.91. The molecule has 1 saturated heterocycles. The lowest BCUT2D eigenvalue weighted by Gasteiger charge is -2.41. The molecule has 0 saturated carbocycles. The fourth-order valence-corrected chi connectivity index (χ4v) is 4.03. The molecule has 2 rings (SSSR count). The summed E-state index contributed by atoms with van der Waals surface area (Å²) in [4.78, 5) is 6.94. The standard InChI is InChI=1S/C14H20Br2N2/c1-3-14(4-2)5-7-18(8-6-14)13-12(16)9-11(15)10-17-13/h9-10H,3-8H2,1-2H3. The molecule has 0 spiro atoms. The third-order valence-electron chi connectivity index (χ3n) is 4.41. The smallest absolute Gasteiger partial charge is 0.142 e. The summed E-state index contributed by atoms with van der Waals surface area (Å²) in [6.07, 6.45) is 7.04. The van der Waals surface area contributed by atoms with Crippen LogP contribution < -0.4 is 4.90 Å². The summed E-state index contributed by atoms with van der Waals surface area (Å²) in [7, 11) is 0. The van der Waals surface area contributed by atoms with Crippen LogP contribution in [0.5, 0.6) is 0 Å². The van der Waals surface area contributed by atoms with Crippen LogP contribution in [0.4, 0.5) is 5.82 Å².